The summed E-state index contributed by atoms with van der Waals surface area (Å²) in [4.78, 5) is 12.1. The predicted molar refractivity (Wildman–Crippen MR) is 119 cm³/mol. The molecule has 0 bridgehead atoms. The van der Waals surface area contributed by atoms with E-state index in [0.717, 1.165) is 0 Å². The highest BCUT2D eigenvalue weighted by atomic mass is 16.7. The summed E-state index contributed by atoms with van der Waals surface area (Å²) in [6, 6.07) is 0. The Kier molecular flexibility index (Phi) is 10.1. The summed E-state index contributed by atoms with van der Waals surface area (Å²) >= 11 is 0. The van der Waals surface area contributed by atoms with Crippen LogP contribution in [0.15, 0.2) is 0 Å². The summed E-state index contributed by atoms with van der Waals surface area (Å²) in [5.74, 6) is -1.57. The molecule has 0 spiro atoms. The highest BCUT2D eigenvalue weighted by Crippen LogP contribution is 2.38. The van der Waals surface area contributed by atoms with Gasteiger partial charge in [-0.3, -0.25) is 0 Å². The van der Waals surface area contributed by atoms with E-state index < -0.39 is 117 Å². The first-order valence-corrected chi connectivity index (χ1v) is 12.1. The van der Waals surface area contributed by atoms with Crippen LogP contribution in [0.5, 0.6) is 0 Å². The number of hydrogen-bond donors (Lipinski definition) is 10. The smallest absolute Gasteiger partial charge is 0.335 e. The van der Waals surface area contributed by atoms with Crippen molar-refractivity contribution >= 4 is 5.97 Å². The molecule has 15 atom stereocenters. The molecule has 16 heteroatoms. The van der Waals surface area contributed by atoms with E-state index in [0.29, 0.717) is 0 Å². The van der Waals surface area contributed by atoms with Crippen LogP contribution in [-0.4, -0.2) is 162 Å². The minimum atomic E-state index is -1.92. The van der Waals surface area contributed by atoms with E-state index in [1.165, 1.54) is 0 Å². The number of aliphatic hydroxyl groups is 9. The zero-order chi connectivity index (χ0) is 28.7. The number of aliphatic hydroxyl groups excluding tert-OH is 9. The van der Waals surface area contributed by atoms with E-state index in [9.17, 15) is 55.9 Å². The van der Waals surface area contributed by atoms with Crippen LogP contribution in [0.2, 0.25) is 0 Å². The maximum Gasteiger partial charge on any atom is 0.335 e. The Hall–Kier alpha value is -1.09. The maximum absolute atomic E-state index is 12.1. The molecule has 38 heavy (non-hydrogen) atoms. The van der Waals surface area contributed by atoms with Crippen LogP contribution in [0.4, 0.5) is 0 Å². The Labute approximate surface area is 217 Å². The molecule has 3 aliphatic heterocycles. The number of carbonyl (C=O) groups is 1. The van der Waals surface area contributed by atoms with Crippen molar-refractivity contribution in [1.82, 2.24) is 0 Å². The average Bonchev–Trinajstić information content (AvgIpc) is 2.85. The molecule has 0 aromatic rings. The van der Waals surface area contributed by atoms with Crippen LogP contribution in [-0.2, 0) is 28.5 Å². The van der Waals surface area contributed by atoms with Gasteiger partial charge in [0.05, 0.1) is 19.3 Å². The van der Waals surface area contributed by atoms with Gasteiger partial charge in [0.25, 0.3) is 0 Å². The first-order chi connectivity index (χ1) is 17.6. The number of ether oxygens (including phenoxy) is 5. The third-order valence-corrected chi connectivity index (χ3v) is 6.94. The Morgan fingerprint density at radius 3 is 1.45 bits per heavy atom. The number of carboxylic acid groups (broad SMARTS) is 1. The molecule has 15 unspecified atom stereocenters. The lowest BCUT2D eigenvalue weighted by atomic mass is 9.80. The van der Waals surface area contributed by atoms with Crippen LogP contribution in [0.1, 0.15) is 20.8 Å². The molecule has 0 aromatic heterocycles. The number of aliphatic carboxylic acids is 1. The zero-order valence-electron chi connectivity index (χ0n) is 21.0. The summed E-state index contributed by atoms with van der Waals surface area (Å²) in [6.45, 7) is 3.40. The number of rotatable bonds is 7. The van der Waals surface area contributed by atoms with Crippen LogP contribution < -0.4 is 0 Å². The molecule has 3 aliphatic rings. The molecule has 0 radical (unpaired) electrons. The van der Waals surface area contributed by atoms with Gasteiger partial charge in [0.1, 0.15) is 67.1 Å². The van der Waals surface area contributed by atoms with Gasteiger partial charge in [0.2, 0.25) is 0 Å². The number of carboxylic acids is 1. The SMILES string of the molecule is CC(C)(C)C1OC(C(=O)O)C(OC2OC(CO)C(O)C(O)C2O)C(O)C1OC1OC(CO)C(O)C(O)C1O. The minimum Gasteiger partial charge on any atom is -0.479 e. The van der Waals surface area contributed by atoms with Crippen molar-refractivity contribution in [2.45, 2.75) is 113 Å². The molecule has 10 N–H and O–H groups in total. The van der Waals surface area contributed by atoms with Gasteiger partial charge in [0, 0.05) is 0 Å². The Balaban J connectivity index is 1.91. The quantitative estimate of drug-likeness (QED) is 0.140. The molecule has 0 aliphatic carbocycles. The third kappa shape index (κ3) is 6.13. The molecular weight excluding hydrogens is 520 g/mol. The standard InChI is InChI=1S/C22H38O16/c1-22(2,3)18-16(38-21-13(30)11(28)9(26)7(5-24)35-21)14(31)15(17(36-18)19(32)33)37-20-12(29)10(27)8(25)6(4-23)34-20/h6-18,20-21,23-31H,4-5H2,1-3H3,(H,32,33). The lowest BCUT2D eigenvalue weighted by Crippen LogP contribution is -2.68. The van der Waals surface area contributed by atoms with E-state index >= 15 is 0 Å². The van der Waals surface area contributed by atoms with Crippen LogP contribution in [0.3, 0.4) is 0 Å². The molecule has 222 valence electrons. The molecule has 0 saturated carbocycles. The van der Waals surface area contributed by atoms with Gasteiger partial charge in [-0.05, 0) is 5.41 Å². The first kappa shape index (κ1) is 31.4. The van der Waals surface area contributed by atoms with Crippen LogP contribution in [0, 0.1) is 5.41 Å². The molecule has 3 saturated heterocycles. The highest BCUT2D eigenvalue weighted by molar-refractivity contribution is 5.73. The lowest BCUT2D eigenvalue weighted by Gasteiger charge is -2.50. The average molecular weight is 559 g/mol. The van der Waals surface area contributed by atoms with E-state index in [1.807, 2.05) is 0 Å². The molecule has 0 amide bonds. The molecular formula is C22H38O16. The van der Waals surface area contributed by atoms with Crippen LogP contribution >= 0.6 is 0 Å². The van der Waals surface area contributed by atoms with Crippen molar-refractivity contribution in [2.24, 2.45) is 5.41 Å². The second-order valence-corrected chi connectivity index (χ2v) is 10.8. The molecule has 3 heterocycles. The monoisotopic (exact) mass is 558 g/mol. The second-order valence-electron chi connectivity index (χ2n) is 10.8. The summed E-state index contributed by atoms with van der Waals surface area (Å²) < 4.78 is 27.7. The van der Waals surface area contributed by atoms with Gasteiger partial charge >= 0.3 is 5.97 Å². The van der Waals surface area contributed by atoms with Crippen molar-refractivity contribution < 1.29 is 79.5 Å². The normalized spacial score (nSPS) is 48.6. The van der Waals surface area contributed by atoms with Gasteiger partial charge in [-0.25, -0.2) is 4.79 Å². The van der Waals surface area contributed by atoms with Crippen molar-refractivity contribution in [1.29, 1.82) is 0 Å². The van der Waals surface area contributed by atoms with Crippen molar-refractivity contribution in [3.8, 4) is 0 Å². The molecule has 3 fully saturated rings. The van der Waals surface area contributed by atoms with Gasteiger partial charge in [-0.2, -0.15) is 0 Å². The lowest BCUT2D eigenvalue weighted by molar-refractivity contribution is -0.367. The fourth-order valence-electron chi connectivity index (χ4n) is 4.73. The largest absolute Gasteiger partial charge is 0.479 e. The Morgan fingerprint density at radius 2 is 1.08 bits per heavy atom. The summed E-state index contributed by atoms with van der Waals surface area (Å²) in [7, 11) is 0. The predicted octanol–water partition coefficient (Wildman–Crippen LogP) is -5.38. The second kappa shape index (κ2) is 12.2. The van der Waals surface area contributed by atoms with E-state index in [1.54, 1.807) is 20.8 Å². The Bertz CT molecular complexity index is 788. The fraction of sp³-hybridized carbons (Fsp3) is 0.955. The molecule has 3 rings (SSSR count). The van der Waals surface area contributed by atoms with Crippen molar-refractivity contribution in [3.05, 3.63) is 0 Å². The van der Waals surface area contributed by atoms with Gasteiger partial charge in [-0.15, -0.1) is 0 Å². The van der Waals surface area contributed by atoms with Gasteiger partial charge < -0.3 is 74.7 Å². The van der Waals surface area contributed by atoms with Gasteiger partial charge in [0.15, 0.2) is 18.7 Å². The van der Waals surface area contributed by atoms with Crippen LogP contribution in [0.25, 0.3) is 0 Å². The van der Waals surface area contributed by atoms with E-state index in [2.05, 4.69) is 0 Å². The molecule has 0 aromatic carbocycles. The summed E-state index contributed by atoms with van der Waals surface area (Å²) in [5, 5.41) is 101. The molecule has 16 nitrogen and oxygen atoms in total. The van der Waals surface area contributed by atoms with Crippen molar-refractivity contribution in [2.75, 3.05) is 13.2 Å². The van der Waals surface area contributed by atoms with E-state index in [-0.39, 0.29) is 0 Å². The topological polar surface area (TPSA) is 266 Å². The van der Waals surface area contributed by atoms with E-state index in [4.69, 9.17) is 23.7 Å². The Morgan fingerprint density at radius 1 is 0.658 bits per heavy atom. The fourth-order valence-corrected chi connectivity index (χ4v) is 4.73. The van der Waals surface area contributed by atoms with Gasteiger partial charge in [-0.1, -0.05) is 20.8 Å². The number of hydrogen-bond acceptors (Lipinski definition) is 15. The maximum atomic E-state index is 12.1. The summed E-state index contributed by atoms with van der Waals surface area (Å²) in [6.07, 6.45) is -25.3. The summed E-state index contributed by atoms with van der Waals surface area (Å²) in [5.41, 5.74) is -0.901. The minimum absolute atomic E-state index is 0.749. The highest BCUT2D eigenvalue weighted by Gasteiger charge is 2.57. The van der Waals surface area contributed by atoms with Crippen molar-refractivity contribution in [3.63, 3.8) is 0 Å². The third-order valence-electron chi connectivity index (χ3n) is 6.94. The zero-order valence-corrected chi connectivity index (χ0v) is 21.0. The first-order valence-electron chi connectivity index (χ1n) is 12.1.